The summed E-state index contributed by atoms with van der Waals surface area (Å²) in [5.74, 6) is -0.682. The Balaban J connectivity index is 2.50. The van der Waals surface area contributed by atoms with E-state index in [9.17, 15) is 14.4 Å². The highest BCUT2D eigenvalue weighted by Gasteiger charge is 2.31. The molecule has 1 aromatic rings. The maximum atomic E-state index is 12.2. The molecule has 2 rings (SSSR count). The molecule has 1 unspecified atom stereocenters. The summed E-state index contributed by atoms with van der Waals surface area (Å²) in [6.45, 7) is 8.12. The van der Waals surface area contributed by atoms with Crippen molar-refractivity contribution in [1.82, 2.24) is 0 Å². The highest BCUT2D eigenvalue weighted by molar-refractivity contribution is 6.00. The van der Waals surface area contributed by atoms with E-state index in [0.717, 1.165) is 34.2 Å². The molecule has 0 bridgehead atoms. The van der Waals surface area contributed by atoms with Crippen molar-refractivity contribution in [2.45, 2.75) is 53.6 Å². The van der Waals surface area contributed by atoms with Gasteiger partial charge in [0.1, 0.15) is 6.61 Å². The molecule has 0 saturated heterocycles. The van der Waals surface area contributed by atoms with E-state index in [1.54, 1.807) is 6.08 Å². The van der Waals surface area contributed by atoms with Gasteiger partial charge in [-0.05, 0) is 49.3 Å². The molecule has 0 spiro atoms. The van der Waals surface area contributed by atoms with Crippen LogP contribution in [0.3, 0.4) is 0 Å². The van der Waals surface area contributed by atoms with Crippen molar-refractivity contribution in [3.05, 3.63) is 39.5 Å². The van der Waals surface area contributed by atoms with E-state index in [1.807, 2.05) is 33.8 Å². The van der Waals surface area contributed by atoms with Crippen LogP contribution in [0.5, 0.6) is 0 Å². The summed E-state index contributed by atoms with van der Waals surface area (Å²) in [4.78, 5) is 38.5. The molecule has 6 heteroatoms. The number of allylic oxidation sites excluding steroid dienone is 2. The van der Waals surface area contributed by atoms with Gasteiger partial charge in [-0.1, -0.05) is 25.5 Å². The van der Waals surface area contributed by atoms with Gasteiger partial charge in [-0.2, -0.15) is 4.99 Å². The fourth-order valence-electron chi connectivity index (χ4n) is 3.47. The van der Waals surface area contributed by atoms with Gasteiger partial charge in [-0.15, -0.1) is 0 Å². The van der Waals surface area contributed by atoms with Crippen LogP contribution < -0.4 is 0 Å². The van der Waals surface area contributed by atoms with Crippen molar-refractivity contribution in [2.24, 2.45) is 10.9 Å². The Hall–Kier alpha value is -2.72. The number of isocyanates is 1. The molecule has 1 heterocycles. The number of hydrogen-bond acceptors (Lipinski definition) is 6. The van der Waals surface area contributed by atoms with Crippen molar-refractivity contribution < 1.29 is 23.9 Å². The topological polar surface area (TPSA) is 82.0 Å². The zero-order valence-electron chi connectivity index (χ0n) is 16.5. The van der Waals surface area contributed by atoms with Gasteiger partial charge in [0.25, 0.3) is 0 Å². The summed E-state index contributed by atoms with van der Waals surface area (Å²) in [6.07, 6.45) is 5.13. The number of rotatable bonds is 7. The molecule has 0 saturated carbocycles. The predicted octanol–water partition coefficient (Wildman–Crippen LogP) is 3.88. The predicted molar refractivity (Wildman–Crippen MR) is 101 cm³/mol. The number of methoxy groups -OCH3 is 1. The second-order valence-electron chi connectivity index (χ2n) is 6.75. The molecule has 6 nitrogen and oxygen atoms in total. The van der Waals surface area contributed by atoms with E-state index >= 15 is 0 Å². The Labute approximate surface area is 159 Å². The average molecular weight is 371 g/mol. The minimum absolute atomic E-state index is 0.0287. The third-order valence-electron chi connectivity index (χ3n) is 5.26. The first-order valence-electron chi connectivity index (χ1n) is 9.01. The summed E-state index contributed by atoms with van der Waals surface area (Å²) in [5, 5.41) is 0. The van der Waals surface area contributed by atoms with E-state index < -0.39 is 5.97 Å². The zero-order valence-corrected chi connectivity index (χ0v) is 16.5. The van der Waals surface area contributed by atoms with Gasteiger partial charge in [0.2, 0.25) is 6.08 Å². The molecule has 1 aromatic carbocycles. The van der Waals surface area contributed by atoms with Crippen molar-refractivity contribution in [3.63, 3.8) is 0 Å². The van der Waals surface area contributed by atoms with Gasteiger partial charge in [0.15, 0.2) is 0 Å². The molecule has 0 aromatic heterocycles. The number of benzene rings is 1. The zero-order chi connectivity index (χ0) is 20.1. The Kier molecular flexibility index (Phi) is 6.70. The first-order chi connectivity index (χ1) is 12.8. The summed E-state index contributed by atoms with van der Waals surface area (Å²) >= 11 is 0. The molecule has 0 N–H and O–H groups in total. The molecule has 1 aliphatic rings. The second kappa shape index (κ2) is 8.78. The fraction of sp³-hybridized carbons (Fsp3) is 0.476. The standard InChI is InChI=1S/C21H25NO5/c1-6-15-14(4)17-10-27-21(25)19(17)20(22-11-23)16(15)8-7-12(2)13(3)9-18(24)26-5/h7,13H,6,8-10H2,1-5H3/b12-7+. The lowest BCUT2D eigenvalue weighted by Gasteiger charge is -2.17. The monoisotopic (exact) mass is 371 g/mol. The summed E-state index contributed by atoms with van der Waals surface area (Å²) in [7, 11) is 1.37. The SMILES string of the molecule is CCc1c(C)c2c(c(N=C=O)c1C/C=C(\C)C(C)CC(=O)OC)C(=O)OC2. The highest BCUT2D eigenvalue weighted by atomic mass is 16.5. The van der Waals surface area contributed by atoms with Gasteiger partial charge in [-0.25, -0.2) is 9.59 Å². The minimum Gasteiger partial charge on any atom is -0.469 e. The first kappa shape index (κ1) is 20.6. The van der Waals surface area contributed by atoms with Crippen molar-refractivity contribution >= 4 is 23.7 Å². The maximum Gasteiger partial charge on any atom is 0.341 e. The summed E-state index contributed by atoms with van der Waals surface area (Å²) in [5.41, 5.74) is 5.46. The molecule has 0 amide bonds. The van der Waals surface area contributed by atoms with Gasteiger partial charge in [0.05, 0.1) is 24.8 Å². The number of esters is 2. The van der Waals surface area contributed by atoms with Crippen LogP contribution in [0, 0.1) is 12.8 Å². The third-order valence-corrected chi connectivity index (χ3v) is 5.26. The van der Waals surface area contributed by atoms with Crippen molar-refractivity contribution in [1.29, 1.82) is 0 Å². The van der Waals surface area contributed by atoms with Crippen LogP contribution in [0.1, 0.15) is 59.8 Å². The quantitative estimate of drug-likeness (QED) is 0.314. The molecule has 1 aliphatic heterocycles. The Morgan fingerprint density at radius 3 is 2.70 bits per heavy atom. The fourth-order valence-corrected chi connectivity index (χ4v) is 3.47. The smallest absolute Gasteiger partial charge is 0.341 e. The van der Waals surface area contributed by atoms with Crippen molar-refractivity contribution in [3.8, 4) is 0 Å². The third kappa shape index (κ3) is 4.17. The number of cyclic esters (lactones) is 1. The van der Waals surface area contributed by atoms with Crippen LogP contribution in [-0.4, -0.2) is 25.1 Å². The maximum absolute atomic E-state index is 12.2. The minimum atomic E-state index is -0.453. The second-order valence-corrected chi connectivity index (χ2v) is 6.75. The lowest BCUT2D eigenvalue weighted by molar-refractivity contribution is -0.141. The van der Waals surface area contributed by atoms with E-state index in [0.29, 0.717) is 24.1 Å². The summed E-state index contributed by atoms with van der Waals surface area (Å²) < 4.78 is 9.89. The number of carbonyl (C=O) groups excluding carboxylic acids is 3. The number of hydrogen-bond donors (Lipinski definition) is 0. The molecule has 0 aliphatic carbocycles. The molecular weight excluding hydrogens is 346 g/mol. The van der Waals surface area contributed by atoms with E-state index in [-0.39, 0.29) is 18.5 Å². The van der Waals surface area contributed by atoms with Gasteiger partial charge >= 0.3 is 11.9 Å². The Morgan fingerprint density at radius 2 is 2.11 bits per heavy atom. The van der Waals surface area contributed by atoms with E-state index in [2.05, 4.69) is 4.99 Å². The number of aliphatic imine (C=N–C) groups is 1. The molecular formula is C21H25NO5. The van der Waals surface area contributed by atoms with Crippen LogP contribution in [0.25, 0.3) is 0 Å². The van der Waals surface area contributed by atoms with Crippen LogP contribution in [0.2, 0.25) is 0 Å². The van der Waals surface area contributed by atoms with Crippen LogP contribution in [0.15, 0.2) is 16.6 Å². The van der Waals surface area contributed by atoms with Crippen molar-refractivity contribution in [2.75, 3.05) is 7.11 Å². The van der Waals surface area contributed by atoms with Crippen LogP contribution >= 0.6 is 0 Å². The highest BCUT2D eigenvalue weighted by Crippen LogP contribution is 2.39. The normalized spacial score (nSPS) is 14.3. The van der Waals surface area contributed by atoms with Gasteiger partial charge in [0, 0.05) is 5.56 Å². The number of carbonyl (C=O) groups is 2. The summed E-state index contributed by atoms with van der Waals surface area (Å²) in [6, 6.07) is 0. The Bertz CT molecular complexity index is 847. The molecule has 0 fully saturated rings. The van der Waals surface area contributed by atoms with E-state index in [4.69, 9.17) is 9.47 Å². The number of fused-ring (bicyclic) bond motifs is 1. The van der Waals surface area contributed by atoms with Gasteiger partial charge in [-0.3, -0.25) is 4.79 Å². The number of ether oxygens (including phenoxy) is 2. The first-order valence-corrected chi connectivity index (χ1v) is 9.01. The van der Waals surface area contributed by atoms with Gasteiger partial charge < -0.3 is 9.47 Å². The molecule has 144 valence electrons. The average Bonchev–Trinajstić information content (AvgIpc) is 3.04. The molecule has 0 radical (unpaired) electrons. The molecule has 27 heavy (non-hydrogen) atoms. The largest absolute Gasteiger partial charge is 0.469 e. The molecule has 1 atom stereocenters. The van der Waals surface area contributed by atoms with Crippen LogP contribution in [0.4, 0.5) is 5.69 Å². The lowest BCUT2D eigenvalue weighted by Crippen LogP contribution is -2.09. The lowest BCUT2D eigenvalue weighted by atomic mass is 9.87. The van der Waals surface area contributed by atoms with Crippen LogP contribution in [-0.2, 0) is 38.5 Å². The Morgan fingerprint density at radius 1 is 1.41 bits per heavy atom. The number of nitrogens with zero attached hydrogens (tertiary/aromatic N) is 1. The van der Waals surface area contributed by atoms with E-state index in [1.165, 1.54) is 7.11 Å².